The predicted octanol–water partition coefficient (Wildman–Crippen LogP) is 3.01. The van der Waals surface area contributed by atoms with Crippen molar-refractivity contribution >= 4 is 11.3 Å². The maximum Gasteiger partial charge on any atom is 0.0588 e. The first kappa shape index (κ1) is 15.2. The van der Waals surface area contributed by atoms with E-state index in [9.17, 15) is 0 Å². The third-order valence-electron chi connectivity index (χ3n) is 3.47. The predicted molar refractivity (Wildman–Crippen MR) is 86.0 cm³/mol. The lowest BCUT2D eigenvalue weighted by Crippen LogP contribution is -2.37. The monoisotopic (exact) mass is 289 g/mol. The number of hydrogen-bond acceptors (Lipinski definition) is 4. The lowest BCUT2D eigenvalue weighted by molar-refractivity contribution is 0.224. The molecule has 20 heavy (non-hydrogen) atoms. The summed E-state index contributed by atoms with van der Waals surface area (Å²) in [5, 5.41) is 0. The fraction of sp³-hybridized carbons (Fsp3) is 0.438. The summed E-state index contributed by atoms with van der Waals surface area (Å²) >= 11 is 1.84. The highest BCUT2D eigenvalue weighted by Gasteiger charge is 2.22. The number of rotatable bonds is 6. The first-order valence-corrected chi connectivity index (χ1v) is 7.81. The molecule has 0 aromatic carbocycles. The van der Waals surface area contributed by atoms with Crippen molar-refractivity contribution in [3.05, 3.63) is 52.0 Å². The average Bonchev–Trinajstić information content (AvgIpc) is 2.83. The molecule has 0 saturated heterocycles. The van der Waals surface area contributed by atoms with E-state index in [1.165, 1.54) is 9.75 Å². The SMILES string of the molecule is Cc1ccc(C(C(C)N)N(C)CCc2ccccn2)s1. The number of thiophene rings is 1. The highest BCUT2D eigenvalue weighted by molar-refractivity contribution is 7.12. The van der Waals surface area contributed by atoms with Gasteiger partial charge in [0.2, 0.25) is 0 Å². The summed E-state index contributed by atoms with van der Waals surface area (Å²) in [4.78, 5) is 9.40. The van der Waals surface area contributed by atoms with Gasteiger partial charge < -0.3 is 5.73 Å². The minimum atomic E-state index is 0.113. The van der Waals surface area contributed by atoms with Crippen LogP contribution >= 0.6 is 11.3 Å². The third kappa shape index (κ3) is 3.88. The number of nitrogens with two attached hydrogens (primary N) is 1. The van der Waals surface area contributed by atoms with Crippen molar-refractivity contribution in [1.29, 1.82) is 0 Å². The number of aromatic nitrogens is 1. The van der Waals surface area contributed by atoms with Gasteiger partial charge in [-0.05, 0) is 45.2 Å². The van der Waals surface area contributed by atoms with Crippen molar-refractivity contribution in [2.45, 2.75) is 32.4 Å². The quantitative estimate of drug-likeness (QED) is 0.889. The van der Waals surface area contributed by atoms with Crippen molar-refractivity contribution < 1.29 is 0 Å². The number of pyridine rings is 1. The molecule has 0 aliphatic carbocycles. The summed E-state index contributed by atoms with van der Waals surface area (Å²) in [6.45, 7) is 5.18. The molecule has 0 bridgehead atoms. The largest absolute Gasteiger partial charge is 0.326 e. The first-order valence-electron chi connectivity index (χ1n) is 7.00. The van der Waals surface area contributed by atoms with Crippen molar-refractivity contribution in [1.82, 2.24) is 9.88 Å². The zero-order valence-corrected chi connectivity index (χ0v) is 13.2. The Morgan fingerprint density at radius 2 is 2.10 bits per heavy atom. The van der Waals surface area contributed by atoms with E-state index in [1.807, 2.05) is 29.7 Å². The molecular weight excluding hydrogens is 266 g/mol. The summed E-state index contributed by atoms with van der Waals surface area (Å²) in [6.07, 6.45) is 2.80. The first-order chi connectivity index (χ1) is 9.58. The van der Waals surface area contributed by atoms with Crippen LogP contribution in [0, 0.1) is 6.92 Å². The molecule has 4 heteroatoms. The Balaban J connectivity index is 2.02. The van der Waals surface area contributed by atoms with Crippen LogP contribution in [-0.4, -0.2) is 29.5 Å². The van der Waals surface area contributed by atoms with Crippen LogP contribution in [0.15, 0.2) is 36.5 Å². The fourth-order valence-corrected chi connectivity index (χ4v) is 3.63. The molecule has 2 aromatic heterocycles. The molecule has 2 unspecified atom stereocenters. The van der Waals surface area contributed by atoms with Crippen LogP contribution < -0.4 is 5.73 Å². The van der Waals surface area contributed by atoms with Gasteiger partial charge in [-0.1, -0.05) is 6.07 Å². The van der Waals surface area contributed by atoms with Gasteiger partial charge in [0.25, 0.3) is 0 Å². The molecule has 3 nitrogen and oxygen atoms in total. The summed E-state index contributed by atoms with van der Waals surface area (Å²) < 4.78 is 0. The molecule has 0 saturated carbocycles. The van der Waals surface area contributed by atoms with Gasteiger partial charge in [-0.2, -0.15) is 0 Å². The van der Waals surface area contributed by atoms with E-state index in [1.54, 1.807) is 0 Å². The second-order valence-corrected chi connectivity index (χ2v) is 6.62. The van der Waals surface area contributed by atoms with Crippen LogP contribution in [-0.2, 0) is 6.42 Å². The van der Waals surface area contributed by atoms with Crippen LogP contribution in [0.3, 0.4) is 0 Å². The zero-order chi connectivity index (χ0) is 14.5. The van der Waals surface area contributed by atoms with E-state index in [0.717, 1.165) is 18.7 Å². The third-order valence-corrected chi connectivity index (χ3v) is 4.54. The van der Waals surface area contributed by atoms with Gasteiger partial charge >= 0.3 is 0 Å². The van der Waals surface area contributed by atoms with Gasteiger partial charge in [0.1, 0.15) is 0 Å². The van der Waals surface area contributed by atoms with Crippen LogP contribution in [0.1, 0.15) is 28.4 Å². The van der Waals surface area contributed by atoms with Crippen molar-refractivity contribution in [3.63, 3.8) is 0 Å². The molecule has 2 rings (SSSR count). The van der Waals surface area contributed by atoms with E-state index in [0.29, 0.717) is 0 Å². The summed E-state index contributed by atoms with van der Waals surface area (Å²) in [6, 6.07) is 10.8. The van der Waals surface area contributed by atoms with E-state index in [-0.39, 0.29) is 12.1 Å². The highest BCUT2D eigenvalue weighted by Crippen LogP contribution is 2.28. The lowest BCUT2D eigenvalue weighted by atomic mass is 10.1. The number of aryl methyl sites for hydroxylation is 1. The number of nitrogens with zero attached hydrogens (tertiary/aromatic N) is 2. The van der Waals surface area contributed by atoms with E-state index in [2.05, 4.69) is 49.0 Å². The molecule has 0 radical (unpaired) electrons. The van der Waals surface area contributed by atoms with Crippen molar-refractivity contribution in [2.24, 2.45) is 5.73 Å². The Morgan fingerprint density at radius 1 is 1.30 bits per heavy atom. The van der Waals surface area contributed by atoms with Crippen LogP contribution in [0.25, 0.3) is 0 Å². The van der Waals surface area contributed by atoms with Crippen molar-refractivity contribution in [2.75, 3.05) is 13.6 Å². The second kappa shape index (κ2) is 6.97. The molecule has 2 heterocycles. The smallest absolute Gasteiger partial charge is 0.0588 e. The molecule has 0 amide bonds. The Hall–Kier alpha value is -1.23. The van der Waals surface area contributed by atoms with Gasteiger partial charge in [-0.25, -0.2) is 0 Å². The van der Waals surface area contributed by atoms with Crippen LogP contribution in [0.4, 0.5) is 0 Å². The Bertz CT molecular complexity index is 522. The summed E-state index contributed by atoms with van der Waals surface area (Å²) in [5.41, 5.74) is 7.33. The molecule has 0 fully saturated rings. The van der Waals surface area contributed by atoms with Gasteiger partial charge in [-0.15, -0.1) is 11.3 Å². The van der Waals surface area contributed by atoms with Gasteiger partial charge in [0.15, 0.2) is 0 Å². The van der Waals surface area contributed by atoms with Gasteiger partial charge in [-0.3, -0.25) is 9.88 Å². The number of likely N-dealkylation sites (N-methyl/N-ethyl adjacent to an activating group) is 1. The van der Waals surface area contributed by atoms with Gasteiger partial charge in [0.05, 0.1) is 6.04 Å². The summed E-state index contributed by atoms with van der Waals surface area (Å²) in [5.74, 6) is 0. The average molecular weight is 289 g/mol. The Kier molecular flexibility index (Phi) is 5.29. The minimum absolute atomic E-state index is 0.113. The second-order valence-electron chi connectivity index (χ2n) is 5.30. The fourth-order valence-electron chi connectivity index (χ4n) is 2.47. The maximum absolute atomic E-state index is 6.20. The van der Waals surface area contributed by atoms with Crippen LogP contribution in [0.5, 0.6) is 0 Å². The zero-order valence-electron chi connectivity index (χ0n) is 12.4. The maximum atomic E-state index is 6.20. The lowest BCUT2D eigenvalue weighted by Gasteiger charge is -2.30. The number of hydrogen-bond donors (Lipinski definition) is 1. The summed E-state index contributed by atoms with van der Waals surface area (Å²) in [7, 11) is 2.14. The van der Waals surface area contributed by atoms with E-state index in [4.69, 9.17) is 5.73 Å². The molecular formula is C16H23N3S. The molecule has 0 spiro atoms. The normalized spacial score (nSPS) is 14.4. The Labute approximate surface area is 125 Å². The van der Waals surface area contributed by atoms with E-state index < -0.39 is 0 Å². The molecule has 2 aromatic rings. The topological polar surface area (TPSA) is 42.1 Å². The molecule has 0 aliphatic heterocycles. The van der Waals surface area contributed by atoms with E-state index >= 15 is 0 Å². The molecule has 2 atom stereocenters. The standard InChI is InChI=1S/C16H23N3S/c1-12-7-8-15(20-12)16(13(2)17)19(3)11-9-14-6-4-5-10-18-14/h4-8,10,13,16H,9,11,17H2,1-3H3. The molecule has 108 valence electrons. The minimum Gasteiger partial charge on any atom is -0.326 e. The highest BCUT2D eigenvalue weighted by atomic mass is 32.1. The van der Waals surface area contributed by atoms with Crippen LogP contribution in [0.2, 0.25) is 0 Å². The van der Waals surface area contributed by atoms with Crippen molar-refractivity contribution in [3.8, 4) is 0 Å². The molecule has 2 N–H and O–H groups in total. The van der Waals surface area contributed by atoms with Gasteiger partial charge in [0, 0.05) is 40.7 Å². The Morgan fingerprint density at radius 3 is 2.65 bits per heavy atom. The molecule has 0 aliphatic rings.